The van der Waals surface area contributed by atoms with Crippen LogP contribution in [-0.2, 0) is 16.6 Å². The molecule has 1 saturated carbocycles. The standard InChI is InChI=1S/C15H17IO/c1-10-4-2-5-12-11(10)7-8-13(16)15(12)9-3-6-14(15)17/h2,4-5,13H,3,6-9H2,1H3/t13-,15+/m0/s1. The molecule has 1 fully saturated rings. The molecule has 2 heteroatoms. The second kappa shape index (κ2) is 4.08. The van der Waals surface area contributed by atoms with Crippen LogP contribution in [-0.4, -0.2) is 9.71 Å². The van der Waals surface area contributed by atoms with Crippen molar-refractivity contribution in [1.29, 1.82) is 0 Å². The molecular weight excluding hydrogens is 323 g/mol. The molecule has 0 amide bonds. The lowest BCUT2D eigenvalue weighted by Crippen LogP contribution is -2.43. The van der Waals surface area contributed by atoms with Crippen LogP contribution in [0.15, 0.2) is 18.2 Å². The normalized spacial score (nSPS) is 31.9. The summed E-state index contributed by atoms with van der Waals surface area (Å²) in [6.07, 6.45) is 5.23. The predicted molar refractivity (Wildman–Crippen MR) is 77.8 cm³/mol. The first-order valence-corrected chi connectivity index (χ1v) is 7.67. The maximum Gasteiger partial charge on any atom is 0.144 e. The SMILES string of the molecule is Cc1cccc2c1CC[C@H](I)[C@@]21CCCC1=O. The molecule has 0 radical (unpaired) electrons. The van der Waals surface area contributed by atoms with Crippen molar-refractivity contribution in [3.8, 4) is 0 Å². The molecule has 17 heavy (non-hydrogen) atoms. The number of halogens is 1. The maximum atomic E-state index is 12.4. The number of rotatable bonds is 0. The summed E-state index contributed by atoms with van der Waals surface area (Å²) in [4.78, 5) is 12.4. The molecule has 2 atom stereocenters. The van der Waals surface area contributed by atoms with E-state index in [-0.39, 0.29) is 5.41 Å². The van der Waals surface area contributed by atoms with E-state index >= 15 is 0 Å². The fourth-order valence-electron chi connectivity index (χ4n) is 3.64. The fraction of sp³-hybridized carbons (Fsp3) is 0.533. The molecule has 2 aliphatic rings. The number of hydrogen-bond acceptors (Lipinski definition) is 1. The summed E-state index contributed by atoms with van der Waals surface area (Å²) in [6.45, 7) is 2.18. The number of carbonyl (C=O) groups is 1. The Morgan fingerprint density at radius 3 is 2.88 bits per heavy atom. The Bertz CT molecular complexity index is 480. The fourth-order valence-corrected chi connectivity index (χ4v) is 4.95. The van der Waals surface area contributed by atoms with E-state index in [4.69, 9.17) is 0 Å². The molecule has 0 aromatic heterocycles. The number of benzene rings is 1. The van der Waals surface area contributed by atoms with Crippen LogP contribution in [0.1, 0.15) is 42.4 Å². The number of ketones is 1. The second-order valence-corrected chi connectivity index (χ2v) is 6.86. The topological polar surface area (TPSA) is 17.1 Å². The van der Waals surface area contributed by atoms with Crippen LogP contribution < -0.4 is 0 Å². The van der Waals surface area contributed by atoms with Gasteiger partial charge in [0.05, 0.1) is 5.41 Å². The lowest BCUT2D eigenvalue weighted by Gasteiger charge is -2.39. The van der Waals surface area contributed by atoms with Crippen molar-refractivity contribution in [1.82, 2.24) is 0 Å². The van der Waals surface area contributed by atoms with Gasteiger partial charge in [0, 0.05) is 10.3 Å². The highest BCUT2D eigenvalue weighted by atomic mass is 127. The van der Waals surface area contributed by atoms with Crippen LogP contribution in [0.2, 0.25) is 0 Å². The van der Waals surface area contributed by atoms with Crippen LogP contribution in [0.3, 0.4) is 0 Å². The average Bonchev–Trinajstić information content (AvgIpc) is 2.68. The van der Waals surface area contributed by atoms with Gasteiger partial charge >= 0.3 is 0 Å². The molecule has 0 heterocycles. The molecule has 0 unspecified atom stereocenters. The summed E-state index contributed by atoms with van der Waals surface area (Å²) < 4.78 is 0.490. The molecule has 1 nitrogen and oxygen atoms in total. The van der Waals surface area contributed by atoms with E-state index in [9.17, 15) is 4.79 Å². The van der Waals surface area contributed by atoms with Gasteiger partial charge < -0.3 is 0 Å². The van der Waals surface area contributed by atoms with E-state index in [0.717, 1.165) is 32.1 Å². The third-order valence-corrected chi connectivity index (χ3v) is 6.23. The van der Waals surface area contributed by atoms with Crippen molar-refractivity contribution in [2.45, 2.75) is 48.4 Å². The van der Waals surface area contributed by atoms with Gasteiger partial charge in [-0.05, 0) is 49.3 Å². The molecule has 0 saturated heterocycles. The van der Waals surface area contributed by atoms with Crippen molar-refractivity contribution in [3.63, 3.8) is 0 Å². The van der Waals surface area contributed by atoms with Crippen molar-refractivity contribution in [3.05, 3.63) is 34.9 Å². The summed E-state index contributed by atoms with van der Waals surface area (Å²) in [7, 11) is 0. The van der Waals surface area contributed by atoms with Crippen LogP contribution in [0, 0.1) is 6.92 Å². The average molecular weight is 340 g/mol. The molecule has 1 aromatic carbocycles. The number of hydrogen-bond donors (Lipinski definition) is 0. The van der Waals surface area contributed by atoms with Crippen molar-refractivity contribution in [2.75, 3.05) is 0 Å². The molecule has 90 valence electrons. The number of alkyl halides is 1. The van der Waals surface area contributed by atoms with Crippen molar-refractivity contribution in [2.24, 2.45) is 0 Å². The summed E-state index contributed by atoms with van der Waals surface area (Å²) in [5.41, 5.74) is 4.03. The van der Waals surface area contributed by atoms with Crippen LogP contribution in [0.4, 0.5) is 0 Å². The third kappa shape index (κ3) is 1.52. The van der Waals surface area contributed by atoms with Gasteiger partial charge in [-0.15, -0.1) is 0 Å². The monoisotopic (exact) mass is 340 g/mol. The highest BCUT2D eigenvalue weighted by molar-refractivity contribution is 14.1. The van der Waals surface area contributed by atoms with E-state index in [0.29, 0.717) is 9.71 Å². The number of fused-ring (bicyclic) bond motifs is 2. The molecule has 1 aromatic rings. The molecule has 1 spiro atoms. The van der Waals surface area contributed by atoms with E-state index in [1.165, 1.54) is 16.7 Å². The van der Waals surface area contributed by atoms with Gasteiger partial charge in [-0.2, -0.15) is 0 Å². The Labute approximate surface area is 116 Å². The number of aryl methyl sites for hydroxylation is 1. The summed E-state index contributed by atoms with van der Waals surface area (Å²) in [5, 5.41) is 0. The first-order chi connectivity index (χ1) is 8.16. The van der Waals surface area contributed by atoms with Crippen LogP contribution in [0.25, 0.3) is 0 Å². The molecule has 0 N–H and O–H groups in total. The Kier molecular flexibility index (Phi) is 2.80. The quantitative estimate of drug-likeness (QED) is 0.520. The largest absolute Gasteiger partial charge is 0.299 e. The predicted octanol–water partition coefficient (Wildman–Crippen LogP) is 3.74. The molecule has 2 aliphatic carbocycles. The van der Waals surface area contributed by atoms with Gasteiger partial charge in [-0.1, -0.05) is 40.8 Å². The Morgan fingerprint density at radius 1 is 1.35 bits per heavy atom. The zero-order chi connectivity index (χ0) is 12.0. The van der Waals surface area contributed by atoms with E-state index < -0.39 is 0 Å². The van der Waals surface area contributed by atoms with E-state index in [2.05, 4.69) is 47.7 Å². The number of Topliss-reactive ketones (excluding diaryl/α,β-unsaturated/α-hetero) is 1. The molecular formula is C15H17IO. The highest BCUT2D eigenvalue weighted by Crippen LogP contribution is 2.50. The van der Waals surface area contributed by atoms with E-state index in [1.54, 1.807) is 0 Å². The lowest BCUT2D eigenvalue weighted by atomic mass is 9.67. The summed E-state index contributed by atoms with van der Waals surface area (Å²) in [6, 6.07) is 6.51. The molecule has 3 rings (SSSR count). The van der Waals surface area contributed by atoms with Crippen molar-refractivity contribution < 1.29 is 4.79 Å². The highest BCUT2D eigenvalue weighted by Gasteiger charge is 2.51. The number of carbonyl (C=O) groups excluding carboxylic acids is 1. The van der Waals surface area contributed by atoms with E-state index in [1.807, 2.05) is 0 Å². The summed E-state index contributed by atoms with van der Waals surface area (Å²) in [5.74, 6) is 0.489. The zero-order valence-corrected chi connectivity index (χ0v) is 12.3. The zero-order valence-electron chi connectivity index (χ0n) is 10.1. The van der Waals surface area contributed by atoms with Gasteiger partial charge in [0.1, 0.15) is 5.78 Å². The van der Waals surface area contributed by atoms with Crippen LogP contribution in [0.5, 0.6) is 0 Å². The van der Waals surface area contributed by atoms with Gasteiger partial charge in [-0.3, -0.25) is 4.79 Å². The molecule has 0 aliphatic heterocycles. The van der Waals surface area contributed by atoms with Crippen molar-refractivity contribution >= 4 is 28.4 Å². The van der Waals surface area contributed by atoms with Gasteiger partial charge in [-0.25, -0.2) is 0 Å². The first-order valence-electron chi connectivity index (χ1n) is 6.42. The minimum Gasteiger partial charge on any atom is -0.299 e. The second-order valence-electron chi connectivity index (χ2n) is 5.36. The molecule has 0 bridgehead atoms. The Hall–Kier alpha value is -0.380. The van der Waals surface area contributed by atoms with Gasteiger partial charge in [0.15, 0.2) is 0 Å². The minimum atomic E-state index is -0.139. The maximum absolute atomic E-state index is 12.4. The first kappa shape index (κ1) is 11.7. The summed E-state index contributed by atoms with van der Waals surface area (Å²) >= 11 is 2.51. The smallest absolute Gasteiger partial charge is 0.144 e. The van der Waals surface area contributed by atoms with Gasteiger partial charge in [0.2, 0.25) is 0 Å². The minimum absolute atomic E-state index is 0.139. The Morgan fingerprint density at radius 2 is 2.18 bits per heavy atom. The lowest BCUT2D eigenvalue weighted by molar-refractivity contribution is -0.122. The Balaban J connectivity index is 2.23. The third-order valence-electron chi connectivity index (χ3n) is 4.55. The van der Waals surface area contributed by atoms with Crippen LogP contribution >= 0.6 is 22.6 Å². The van der Waals surface area contributed by atoms with Gasteiger partial charge in [0.25, 0.3) is 0 Å².